The van der Waals surface area contributed by atoms with Crippen LogP contribution in [0.1, 0.15) is 38.2 Å². The quantitative estimate of drug-likeness (QED) is 0.875. The molecule has 1 heterocycles. The maximum atomic E-state index is 12.4. The van der Waals surface area contributed by atoms with Gasteiger partial charge in [-0.1, -0.05) is 12.1 Å². The van der Waals surface area contributed by atoms with Crippen molar-refractivity contribution in [1.82, 2.24) is 4.90 Å². The molecule has 5 nitrogen and oxygen atoms in total. The number of ether oxygens (including phenoxy) is 1. The van der Waals surface area contributed by atoms with Crippen molar-refractivity contribution in [3.63, 3.8) is 0 Å². The van der Waals surface area contributed by atoms with Gasteiger partial charge in [0.2, 0.25) is 5.91 Å². The van der Waals surface area contributed by atoms with Crippen LogP contribution in [0, 0.1) is 5.92 Å². The minimum Gasteiger partial charge on any atom is -0.497 e. The zero-order valence-corrected chi connectivity index (χ0v) is 13.8. The number of rotatable bonds is 6. The molecule has 0 radical (unpaired) electrons. The molecule has 1 aromatic rings. The Morgan fingerprint density at radius 2 is 2.00 bits per heavy atom. The molecule has 0 bridgehead atoms. The fourth-order valence-electron chi connectivity index (χ4n) is 3.20. The van der Waals surface area contributed by atoms with Gasteiger partial charge in [-0.3, -0.25) is 9.59 Å². The molecule has 23 heavy (non-hydrogen) atoms. The van der Waals surface area contributed by atoms with E-state index in [4.69, 9.17) is 4.74 Å². The molecule has 1 N–H and O–H groups in total. The molecule has 1 aromatic carbocycles. The van der Waals surface area contributed by atoms with Gasteiger partial charge in [0.05, 0.1) is 13.0 Å². The van der Waals surface area contributed by atoms with Crippen LogP contribution in [-0.2, 0) is 16.0 Å². The van der Waals surface area contributed by atoms with E-state index < -0.39 is 11.9 Å². The first-order chi connectivity index (χ1) is 11.0. The molecule has 2 rings (SSSR count). The number of aliphatic carboxylic acids is 1. The summed E-state index contributed by atoms with van der Waals surface area (Å²) >= 11 is 0. The van der Waals surface area contributed by atoms with Crippen LogP contribution < -0.4 is 4.74 Å². The van der Waals surface area contributed by atoms with Crippen molar-refractivity contribution in [2.24, 2.45) is 5.92 Å². The molecule has 1 amide bonds. The molecule has 1 fully saturated rings. The number of amides is 1. The molecule has 5 heteroatoms. The van der Waals surface area contributed by atoms with E-state index in [1.165, 1.54) is 5.56 Å². The number of methoxy groups -OCH3 is 1. The van der Waals surface area contributed by atoms with Gasteiger partial charge in [-0.25, -0.2) is 0 Å². The number of carbonyl (C=O) groups excluding carboxylic acids is 1. The largest absolute Gasteiger partial charge is 0.497 e. The Bertz CT molecular complexity index is 540. The van der Waals surface area contributed by atoms with Crippen molar-refractivity contribution >= 4 is 11.9 Å². The van der Waals surface area contributed by atoms with Crippen molar-refractivity contribution < 1.29 is 19.4 Å². The Hall–Kier alpha value is -2.04. The third kappa shape index (κ3) is 4.47. The molecule has 2 atom stereocenters. The molecule has 0 aliphatic carbocycles. The number of likely N-dealkylation sites (tertiary alicyclic amines) is 1. The summed E-state index contributed by atoms with van der Waals surface area (Å²) in [5.74, 6) is -0.342. The lowest BCUT2D eigenvalue weighted by Gasteiger charge is -2.37. The summed E-state index contributed by atoms with van der Waals surface area (Å²) in [4.78, 5) is 25.4. The number of piperidine rings is 1. The van der Waals surface area contributed by atoms with E-state index in [1.807, 2.05) is 31.2 Å². The van der Waals surface area contributed by atoms with E-state index in [9.17, 15) is 14.7 Å². The number of hydrogen-bond acceptors (Lipinski definition) is 3. The molecule has 0 saturated carbocycles. The number of carboxylic acid groups (broad SMARTS) is 1. The maximum absolute atomic E-state index is 12.4. The highest BCUT2D eigenvalue weighted by Crippen LogP contribution is 2.24. The Balaban J connectivity index is 1.82. The number of benzene rings is 1. The topological polar surface area (TPSA) is 66.8 Å². The average molecular weight is 319 g/mol. The van der Waals surface area contributed by atoms with E-state index in [0.717, 1.165) is 25.0 Å². The smallest absolute Gasteiger partial charge is 0.308 e. The van der Waals surface area contributed by atoms with Crippen LogP contribution in [0.2, 0.25) is 0 Å². The van der Waals surface area contributed by atoms with Crippen LogP contribution >= 0.6 is 0 Å². The fourth-order valence-corrected chi connectivity index (χ4v) is 3.20. The second-order valence-corrected chi connectivity index (χ2v) is 6.12. The molecule has 1 aliphatic rings. The lowest BCUT2D eigenvalue weighted by Crippen LogP contribution is -2.49. The summed E-state index contributed by atoms with van der Waals surface area (Å²) in [6.45, 7) is 2.52. The predicted octanol–water partition coefficient (Wildman–Crippen LogP) is 2.73. The van der Waals surface area contributed by atoms with Crippen molar-refractivity contribution in [1.29, 1.82) is 0 Å². The lowest BCUT2D eigenvalue weighted by molar-refractivity contribution is -0.149. The number of carboxylic acids is 1. The highest BCUT2D eigenvalue weighted by molar-refractivity contribution is 5.78. The number of hydrogen-bond donors (Lipinski definition) is 1. The zero-order chi connectivity index (χ0) is 16.8. The standard InChI is InChI=1S/C18H25NO4/c1-13-16(18(21)22)6-4-12-19(13)17(20)7-3-5-14-8-10-15(23-2)11-9-14/h8-11,13,16H,3-7,12H2,1-2H3,(H,21,22)/t13-,16-/m0/s1. The average Bonchev–Trinajstić information content (AvgIpc) is 2.55. The minimum atomic E-state index is -0.798. The summed E-state index contributed by atoms with van der Waals surface area (Å²) in [7, 11) is 1.64. The Labute approximate surface area is 137 Å². The van der Waals surface area contributed by atoms with Crippen LogP contribution in [0.25, 0.3) is 0 Å². The number of aryl methyl sites for hydroxylation is 1. The first-order valence-corrected chi connectivity index (χ1v) is 8.18. The van der Waals surface area contributed by atoms with Gasteiger partial charge in [-0.05, 0) is 50.3 Å². The van der Waals surface area contributed by atoms with Crippen LogP contribution in [0.3, 0.4) is 0 Å². The monoisotopic (exact) mass is 319 g/mol. The summed E-state index contributed by atoms with van der Waals surface area (Å²) < 4.78 is 5.12. The second-order valence-electron chi connectivity index (χ2n) is 6.12. The van der Waals surface area contributed by atoms with Gasteiger partial charge in [0.1, 0.15) is 5.75 Å². The van der Waals surface area contributed by atoms with Gasteiger partial charge in [-0.2, -0.15) is 0 Å². The normalized spacial score (nSPS) is 21.0. The maximum Gasteiger partial charge on any atom is 0.308 e. The summed E-state index contributed by atoms with van der Waals surface area (Å²) in [5, 5.41) is 9.23. The van der Waals surface area contributed by atoms with Gasteiger partial charge < -0.3 is 14.7 Å². The van der Waals surface area contributed by atoms with Crippen LogP contribution in [0.15, 0.2) is 24.3 Å². The highest BCUT2D eigenvalue weighted by Gasteiger charge is 2.34. The molecule has 0 unspecified atom stereocenters. The minimum absolute atomic E-state index is 0.0666. The third-order valence-corrected chi connectivity index (χ3v) is 4.64. The molecule has 0 aromatic heterocycles. The first-order valence-electron chi connectivity index (χ1n) is 8.18. The van der Waals surface area contributed by atoms with Crippen molar-refractivity contribution in [3.8, 4) is 5.75 Å². The molecule has 1 saturated heterocycles. The van der Waals surface area contributed by atoms with E-state index in [0.29, 0.717) is 19.4 Å². The second kappa shape index (κ2) is 7.99. The summed E-state index contributed by atoms with van der Waals surface area (Å²) in [6.07, 6.45) is 3.49. The number of carbonyl (C=O) groups is 2. The van der Waals surface area contributed by atoms with Crippen molar-refractivity contribution in [2.75, 3.05) is 13.7 Å². The zero-order valence-electron chi connectivity index (χ0n) is 13.8. The van der Waals surface area contributed by atoms with Crippen molar-refractivity contribution in [2.45, 2.75) is 45.1 Å². The summed E-state index contributed by atoms with van der Waals surface area (Å²) in [5.41, 5.74) is 1.17. The molecule has 126 valence electrons. The lowest BCUT2D eigenvalue weighted by atomic mass is 9.90. The first kappa shape index (κ1) is 17.3. The van der Waals surface area contributed by atoms with Gasteiger partial charge >= 0.3 is 5.97 Å². The molecule has 0 spiro atoms. The molecular weight excluding hydrogens is 294 g/mol. The van der Waals surface area contributed by atoms with E-state index in [2.05, 4.69) is 0 Å². The fraction of sp³-hybridized carbons (Fsp3) is 0.556. The van der Waals surface area contributed by atoms with Crippen molar-refractivity contribution in [3.05, 3.63) is 29.8 Å². The van der Waals surface area contributed by atoms with Crippen LogP contribution in [0.4, 0.5) is 0 Å². The van der Waals surface area contributed by atoms with E-state index in [1.54, 1.807) is 12.0 Å². The van der Waals surface area contributed by atoms with Gasteiger partial charge in [-0.15, -0.1) is 0 Å². The predicted molar refractivity (Wildman–Crippen MR) is 87.5 cm³/mol. The van der Waals surface area contributed by atoms with Crippen LogP contribution in [-0.4, -0.2) is 41.6 Å². The Morgan fingerprint density at radius 1 is 1.30 bits per heavy atom. The Morgan fingerprint density at radius 3 is 2.61 bits per heavy atom. The molecule has 1 aliphatic heterocycles. The molecular formula is C18H25NO4. The van der Waals surface area contributed by atoms with Gasteiger partial charge in [0.15, 0.2) is 0 Å². The third-order valence-electron chi connectivity index (χ3n) is 4.64. The van der Waals surface area contributed by atoms with Crippen LogP contribution in [0.5, 0.6) is 5.75 Å². The highest BCUT2D eigenvalue weighted by atomic mass is 16.5. The van der Waals surface area contributed by atoms with Gasteiger partial charge in [0.25, 0.3) is 0 Å². The SMILES string of the molecule is COc1ccc(CCCC(=O)N2CCC[C@H](C(=O)O)[C@@H]2C)cc1. The number of nitrogens with zero attached hydrogens (tertiary/aromatic N) is 1. The summed E-state index contributed by atoms with van der Waals surface area (Å²) in [6, 6.07) is 7.64. The van der Waals surface area contributed by atoms with E-state index >= 15 is 0 Å². The van der Waals surface area contributed by atoms with Gasteiger partial charge in [0, 0.05) is 19.0 Å². The van der Waals surface area contributed by atoms with E-state index in [-0.39, 0.29) is 11.9 Å². The Kier molecular flexibility index (Phi) is 6.02.